The second kappa shape index (κ2) is 5.27. The van der Waals surface area contributed by atoms with E-state index in [4.69, 9.17) is 0 Å². The maximum Gasteiger partial charge on any atom is 0.216 e. The fourth-order valence-corrected chi connectivity index (χ4v) is 3.49. The number of hydrogen-bond acceptors (Lipinski definition) is 3. The zero-order valence-electron chi connectivity index (χ0n) is 9.86. The number of hydrogen-bond donors (Lipinski definition) is 1. The van der Waals surface area contributed by atoms with Crippen molar-refractivity contribution in [2.75, 3.05) is 19.6 Å². The van der Waals surface area contributed by atoms with Crippen LogP contribution in [0.25, 0.3) is 0 Å². The molecule has 1 heterocycles. The summed E-state index contributed by atoms with van der Waals surface area (Å²) in [6.07, 6.45) is 2.04. The summed E-state index contributed by atoms with van der Waals surface area (Å²) >= 11 is 0. The molecule has 0 aromatic rings. The third-order valence-electron chi connectivity index (χ3n) is 2.91. The van der Waals surface area contributed by atoms with Gasteiger partial charge in [-0.05, 0) is 33.2 Å². The van der Waals surface area contributed by atoms with Crippen LogP contribution in [0, 0.1) is 0 Å². The Morgan fingerprint density at radius 1 is 1.47 bits per heavy atom. The highest BCUT2D eigenvalue weighted by Crippen LogP contribution is 2.17. The lowest BCUT2D eigenvalue weighted by atomic mass is 10.1. The normalized spacial score (nSPS) is 23.7. The van der Waals surface area contributed by atoms with E-state index in [9.17, 15) is 8.42 Å². The van der Waals surface area contributed by atoms with Gasteiger partial charge in [-0.15, -0.1) is 0 Å². The van der Waals surface area contributed by atoms with Crippen LogP contribution in [0.5, 0.6) is 0 Å². The van der Waals surface area contributed by atoms with Gasteiger partial charge in [0.25, 0.3) is 0 Å². The van der Waals surface area contributed by atoms with Gasteiger partial charge in [0.2, 0.25) is 10.0 Å². The summed E-state index contributed by atoms with van der Waals surface area (Å²) in [6.45, 7) is 7.78. The van der Waals surface area contributed by atoms with Gasteiger partial charge in [0, 0.05) is 19.1 Å². The van der Waals surface area contributed by atoms with Crippen molar-refractivity contribution in [1.29, 1.82) is 0 Å². The van der Waals surface area contributed by atoms with Crippen molar-refractivity contribution in [2.24, 2.45) is 0 Å². The van der Waals surface area contributed by atoms with Crippen molar-refractivity contribution < 1.29 is 8.42 Å². The fraction of sp³-hybridized carbons (Fsp3) is 1.00. The van der Waals surface area contributed by atoms with Crippen LogP contribution in [0.4, 0.5) is 0 Å². The Morgan fingerprint density at radius 3 is 2.53 bits per heavy atom. The average molecular weight is 234 g/mol. The molecular weight excluding hydrogens is 212 g/mol. The SMILES string of the molecule is CCN(C1CCCNC1)S(=O)(=O)C(C)C. The lowest BCUT2D eigenvalue weighted by molar-refractivity contribution is 0.272. The third kappa shape index (κ3) is 2.92. The van der Waals surface area contributed by atoms with E-state index in [0.29, 0.717) is 6.54 Å². The molecule has 1 aliphatic heterocycles. The van der Waals surface area contributed by atoms with Crippen LogP contribution in [-0.2, 0) is 10.0 Å². The van der Waals surface area contributed by atoms with E-state index in [-0.39, 0.29) is 11.3 Å². The van der Waals surface area contributed by atoms with E-state index in [0.717, 1.165) is 25.9 Å². The molecule has 1 saturated heterocycles. The molecule has 1 N–H and O–H groups in total. The molecule has 1 unspecified atom stereocenters. The van der Waals surface area contributed by atoms with Gasteiger partial charge in [-0.2, -0.15) is 4.31 Å². The molecule has 5 heteroatoms. The minimum Gasteiger partial charge on any atom is -0.315 e. The largest absolute Gasteiger partial charge is 0.315 e. The molecule has 15 heavy (non-hydrogen) atoms. The van der Waals surface area contributed by atoms with E-state index >= 15 is 0 Å². The van der Waals surface area contributed by atoms with Crippen LogP contribution in [0.15, 0.2) is 0 Å². The van der Waals surface area contributed by atoms with E-state index in [1.165, 1.54) is 0 Å². The van der Waals surface area contributed by atoms with Crippen molar-refractivity contribution in [3.63, 3.8) is 0 Å². The summed E-state index contributed by atoms with van der Waals surface area (Å²) in [5, 5.41) is 2.93. The van der Waals surface area contributed by atoms with Gasteiger partial charge < -0.3 is 5.32 Å². The number of sulfonamides is 1. The Bertz CT molecular complexity index is 282. The molecule has 0 aliphatic carbocycles. The van der Waals surface area contributed by atoms with Gasteiger partial charge in [0.1, 0.15) is 0 Å². The van der Waals surface area contributed by atoms with Gasteiger partial charge in [0.05, 0.1) is 5.25 Å². The zero-order chi connectivity index (χ0) is 11.5. The van der Waals surface area contributed by atoms with Crippen molar-refractivity contribution in [2.45, 2.75) is 44.9 Å². The van der Waals surface area contributed by atoms with Crippen LogP contribution in [0.2, 0.25) is 0 Å². The Balaban J connectivity index is 2.78. The Hall–Kier alpha value is -0.130. The van der Waals surface area contributed by atoms with E-state index < -0.39 is 10.0 Å². The molecule has 0 amide bonds. The standard InChI is InChI=1S/C10H22N2O2S/c1-4-12(15(13,14)9(2)3)10-6-5-7-11-8-10/h9-11H,4-8H2,1-3H3. The summed E-state index contributed by atoms with van der Waals surface area (Å²) in [5.41, 5.74) is 0. The highest BCUT2D eigenvalue weighted by Gasteiger charge is 2.31. The Labute approximate surface area is 93.1 Å². The molecule has 0 aromatic carbocycles. The maximum absolute atomic E-state index is 12.1. The monoisotopic (exact) mass is 234 g/mol. The van der Waals surface area contributed by atoms with Gasteiger partial charge in [0.15, 0.2) is 0 Å². The molecule has 0 aromatic heterocycles. The molecule has 0 spiro atoms. The molecule has 0 saturated carbocycles. The first kappa shape index (κ1) is 12.9. The summed E-state index contributed by atoms with van der Waals surface area (Å²) < 4.78 is 25.8. The van der Waals surface area contributed by atoms with Crippen LogP contribution >= 0.6 is 0 Å². The lowest BCUT2D eigenvalue weighted by Gasteiger charge is -2.34. The van der Waals surface area contributed by atoms with Gasteiger partial charge in [-0.1, -0.05) is 6.92 Å². The first-order chi connectivity index (χ1) is 7.00. The summed E-state index contributed by atoms with van der Waals surface area (Å²) in [7, 11) is -3.10. The summed E-state index contributed by atoms with van der Waals surface area (Å²) in [6, 6.07) is 0.149. The number of piperidine rings is 1. The fourth-order valence-electron chi connectivity index (χ4n) is 2.00. The molecule has 4 nitrogen and oxygen atoms in total. The molecule has 1 fully saturated rings. The molecule has 0 radical (unpaired) electrons. The van der Waals surface area contributed by atoms with Crippen molar-refractivity contribution >= 4 is 10.0 Å². The first-order valence-corrected chi connectivity index (χ1v) is 7.21. The maximum atomic E-state index is 12.1. The van der Waals surface area contributed by atoms with Crippen molar-refractivity contribution in [3.8, 4) is 0 Å². The second-order valence-electron chi connectivity index (χ2n) is 4.30. The van der Waals surface area contributed by atoms with Gasteiger partial charge in [-0.3, -0.25) is 0 Å². The lowest BCUT2D eigenvalue weighted by Crippen LogP contribution is -2.50. The highest BCUT2D eigenvalue weighted by molar-refractivity contribution is 7.89. The van der Waals surface area contributed by atoms with Crippen LogP contribution < -0.4 is 5.32 Å². The topological polar surface area (TPSA) is 49.4 Å². The molecular formula is C10H22N2O2S. The number of nitrogens with one attached hydrogen (secondary N) is 1. The van der Waals surface area contributed by atoms with Crippen LogP contribution in [0.3, 0.4) is 0 Å². The molecule has 1 atom stereocenters. The Morgan fingerprint density at radius 2 is 2.13 bits per heavy atom. The molecule has 1 aliphatic rings. The number of likely N-dealkylation sites (N-methyl/N-ethyl adjacent to an activating group) is 1. The second-order valence-corrected chi connectivity index (χ2v) is 6.74. The van der Waals surface area contributed by atoms with E-state index in [1.807, 2.05) is 6.92 Å². The summed E-state index contributed by atoms with van der Waals surface area (Å²) in [4.78, 5) is 0. The van der Waals surface area contributed by atoms with Gasteiger partial charge in [-0.25, -0.2) is 8.42 Å². The predicted octanol–water partition coefficient (Wildman–Crippen LogP) is 0.798. The van der Waals surface area contributed by atoms with Gasteiger partial charge >= 0.3 is 0 Å². The number of rotatable bonds is 4. The van der Waals surface area contributed by atoms with Crippen LogP contribution in [0.1, 0.15) is 33.6 Å². The Kier molecular flexibility index (Phi) is 4.55. The summed E-state index contributed by atoms with van der Waals surface area (Å²) in [5.74, 6) is 0. The smallest absolute Gasteiger partial charge is 0.216 e. The predicted molar refractivity (Wildman–Crippen MR) is 62.3 cm³/mol. The molecule has 90 valence electrons. The van der Waals surface area contributed by atoms with E-state index in [1.54, 1.807) is 18.2 Å². The highest BCUT2D eigenvalue weighted by atomic mass is 32.2. The van der Waals surface area contributed by atoms with Crippen molar-refractivity contribution in [3.05, 3.63) is 0 Å². The molecule has 1 rings (SSSR count). The van der Waals surface area contributed by atoms with Crippen LogP contribution in [-0.4, -0.2) is 43.6 Å². The van der Waals surface area contributed by atoms with E-state index in [2.05, 4.69) is 5.32 Å². The minimum absolute atomic E-state index is 0.149. The number of nitrogens with zero attached hydrogens (tertiary/aromatic N) is 1. The molecule has 0 bridgehead atoms. The van der Waals surface area contributed by atoms with Crippen molar-refractivity contribution in [1.82, 2.24) is 9.62 Å². The third-order valence-corrected chi connectivity index (χ3v) is 5.31. The average Bonchev–Trinajstić information content (AvgIpc) is 2.19. The quantitative estimate of drug-likeness (QED) is 0.783. The zero-order valence-corrected chi connectivity index (χ0v) is 10.7. The first-order valence-electron chi connectivity index (χ1n) is 5.71. The minimum atomic E-state index is -3.10.